The van der Waals surface area contributed by atoms with E-state index in [-0.39, 0.29) is 0 Å². The van der Waals surface area contributed by atoms with Gasteiger partial charge in [0.2, 0.25) is 0 Å². The first-order valence-corrected chi connectivity index (χ1v) is 14.8. The molecule has 0 saturated heterocycles. The Morgan fingerprint density at radius 3 is 1.13 bits per heavy atom. The van der Waals surface area contributed by atoms with Crippen molar-refractivity contribution in [1.82, 2.24) is 0 Å². The maximum absolute atomic E-state index is 2.53. The van der Waals surface area contributed by atoms with Gasteiger partial charge in [0.05, 0.1) is 0 Å². The third-order valence-electron chi connectivity index (χ3n) is 9.08. The Kier molecular flexibility index (Phi) is 8.48. The molecular weight excluding hydrogens is 456 g/mol. The summed E-state index contributed by atoms with van der Waals surface area (Å²) in [6, 6.07) is 36.7. The fraction of sp³-hybridized carbons (Fsp3) is 0.368. The SMILES string of the molecule is CC(CC(C)c1ccc2c(c1)CCc1ccc(C(C)CC(C)c3ccccc3)cc1CC2)c1ccccc1. The fourth-order valence-electron chi connectivity index (χ4n) is 6.56. The van der Waals surface area contributed by atoms with Crippen molar-refractivity contribution < 1.29 is 0 Å². The lowest BCUT2D eigenvalue weighted by molar-refractivity contribution is 0.591. The third kappa shape index (κ3) is 6.29. The number of benzene rings is 4. The van der Waals surface area contributed by atoms with Crippen molar-refractivity contribution in [2.24, 2.45) is 0 Å². The van der Waals surface area contributed by atoms with Crippen LogP contribution in [0.1, 0.15) is 109 Å². The van der Waals surface area contributed by atoms with Crippen LogP contribution in [0.25, 0.3) is 0 Å². The molecule has 0 aliphatic heterocycles. The number of aryl methyl sites for hydroxylation is 4. The molecule has 0 heteroatoms. The van der Waals surface area contributed by atoms with Crippen LogP contribution in [0.3, 0.4) is 0 Å². The van der Waals surface area contributed by atoms with Crippen LogP contribution in [0, 0.1) is 0 Å². The molecule has 4 aromatic carbocycles. The highest BCUT2D eigenvalue weighted by molar-refractivity contribution is 5.41. The predicted octanol–water partition coefficient (Wildman–Crippen LogP) is 10.2. The summed E-state index contributed by atoms with van der Waals surface area (Å²) < 4.78 is 0. The molecule has 0 aromatic heterocycles. The minimum Gasteiger partial charge on any atom is -0.0622 e. The molecular formula is C38H44. The van der Waals surface area contributed by atoms with Gasteiger partial charge in [-0.15, -0.1) is 0 Å². The van der Waals surface area contributed by atoms with Crippen molar-refractivity contribution >= 4 is 0 Å². The number of fused-ring (bicyclic) bond motifs is 2. The fourth-order valence-corrected chi connectivity index (χ4v) is 6.56. The average molecular weight is 501 g/mol. The van der Waals surface area contributed by atoms with Crippen LogP contribution in [0.4, 0.5) is 0 Å². The summed E-state index contributed by atoms with van der Waals surface area (Å²) in [5.41, 5.74) is 12.2. The third-order valence-corrected chi connectivity index (χ3v) is 9.08. The Bertz CT molecular complexity index is 1210. The van der Waals surface area contributed by atoms with Crippen molar-refractivity contribution in [2.75, 3.05) is 0 Å². The van der Waals surface area contributed by atoms with E-state index in [1.54, 1.807) is 22.3 Å². The summed E-state index contributed by atoms with van der Waals surface area (Å²) in [6.45, 7) is 9.54. The highest BCUT2D eigenvalue weighted by Gasteiger charge is 2.18. The largest absolute Gasteiger partial charge is 0.0622 e. The van der Waals surface area contributed by atoms with Crippen LogP contribution < -0.4 is 0 Å². The molecule has 0 N–H and O–H groups in total. The monoisotopic (exact) mass is 500 g/mol. The average Bonchev–Trinajstić information content (AvgIpc) is 2.94. The Balaban J connectivity index is 1.25. The quantitative estimate of drug-likeness (QED) is 0.226. The smallest absolute Gasteiger partial charge is 0.0185 e. The van der Waals surface area contributed by atoms with Gasteiger partial charge >= 0.3 is 0 Å². The zero-order valence-electron chi connectivity index (χ0n) is 23.8. The first kappa shape index (κ1) is 26.5. The summed E-state index contributed by atoms with van der Waals surface area (Å²) in [4.78, 5) is 0. The van der Waals surface area contributed by atoms with Crippen molar-refractivity contribution in [1.29, 1.82) is 0 Å². The van der Waals surface area contributed by atoms with Crippen LogP contribution in [0.5, 0.6) is 0 Å². The summed E-state index contributed by atoms with van der Waals surface area (Å²) in [7, 11) is 0. The van der Waals surface area contributed by atoms with Crippen LogP contribution in [-0.2, 0) is 25.7 Å². The van der Waals surface area contributed by atoms with E-state index in [0.717, 1.165) is 25.7 Å². The van der Waals surface area contributed by atoms with Gasteiger partial charge in [-0.05, 0) is 107 Å². The van der Waals surface area contributed by atoms with E-state index in [1.807, 2.05) is 0 Å². The molecule has 0 bridgehead atoms. The van der Waals surface area contributed by atoms with Crippen LogP contribution in [0.2, 0.25) is 0 Å². The van der Waals surface area contributed by atoms with Crippen LogP contribution in [0.15, 0.2) is 97.1 Å². The second-order valence-corrected chi connectivity index (χ2v) is 12.0. The van der Waals surface area contributed by atoms with Crippen molar-refractivity contribution in [3.8, 4) is 0 Å². The van der Waals surface area contributed by atoms with Crippen molar-refractivity contribution in [2.45, 2.75) is 89.9 Å². The normalized spacial score (nSPS) is 16.3. The lowest BCUT2D eigenvalue weighted by atomic mass is 9.82. The van der Waals surface area contributed by atoms with E-state index in [2.05, 4.69) is 125 Å². The lowest BCUT2D eigenvalue weighted by Crippen LogP contribution is -2.10. The maximum Gasteiger partial charge on any atom is -0.0185 e. The van der Waals surface area contributed by atoms with E-state index in [4.69, 9.17) is 0 Å². The molecule has 38 heavy (non-hydrogen) atoms. The zero-order chi connectivity index (χ0) is 26.5. The van der Waals surface area contributed by atoms with Gasteiger partial charge < -0.3 is 0 Å². The summed E-state index contributed by atoms with van der Waals surface area (Å²) >= 11 is 0. The van der Waals surface area contributed by atoms with E-state index in [1.165, 1.54) is 35.1 Å². The summed E-state index contributed by atoms with van der Waals surface area (Å²) in [5, 5.41) is 0. The molecule has 0 amide bonds. The Morgan fingerprint density at radius 1 is 0.395 bits per heavy atom. The molecule has 1 aliphatic rings. The second kappa shape index (κ2) is 12.2. The van der Waals surface area contributed by atoms with E-state index in [0.29, 0.717) is 23.7 Å². The molecule has 4 atom stereocenters. The highest BCUT2D eigenvalue weighted by Crippen LogP contribution is 2.34. The van der Waals surface area contributed by atoms with Crippen molar-refractivity contribution in [3.05, 3.63) is 142 Å². The minimum absolute atomic E-state index is 0.565. The molecule has 0 saturated carbocycles. The van der Waals surface area contributed by atoms with Gasteiger partial charge in [0.15, 0.2) is 0 Å². The molecule has 196 valence electrons. The first-order valence-electron chi connectivity index (χ1n) is 14.8. The van der Waals surface area contributed by atoms with Gasteiger partial charge in [0.1, 0.15) is 0 Å². The second-order valence-electron chi connectivity index (χ2n) is 12.0. The molecule has 5 rings (SSSR count). The Labute approximate surface area is 231 Å². The number of hydrogen-bond acceptors (Lipinski definition) is 0. The van der Waals surface area contributed by atoms with E-state index < -0.39 is 0 Å². The van der Waals surface area contributed by atoms with Gasteiger partial charge in [0.25, 0.3) is 0 Å². The van der Waals surface area contributed by atoms with Gasteiger partial charge in [-0.25, -0.2) is 0 Å². The molecule has 4 aromatic rings. The van der Waals surface area contributed by atoms with Gasteiger partial charge in [-0.2, -0.15) is 0 Å². The molecule has 1 aliphatic carbocycles. The lowest BCUT2D eigenvalue weighted by Gasteiger charge is -2.23. The molecule has 0 nitrogen and oxygen atoms in total. The number of rotatable bonds is 8. The molecule has 0 spiro atoms. The van der Waals surface area contributed by atoms with Gasteiger partial charge in [0, 0.05) is 0 Å². The predicted molar refractivity (Wildman–Crippen MR) is 163 cm³/mol. The summed E-state index contributed by atoms with van der Waals surface area (Å²) in [6.07, 6.45) is 6.98. The Morgan fingerprint density at radius 2 is 0.737 bits per heavy atom. The molecule has 0 radical (unpaired) electrons. The maximum atomic E-state index is 2.53. The molecule has 0 heterocycles. The van der Waals surface area contributed by atoms with Crippen LogP contribution >= 0.6 is 0 Å². The Hall–Kier alpha value is -3.12. The number of hydrogen-bond donors (Lipinski definition) is 0. The standard InChI is InChI=1S/C38H44/c1-27(31-11-7-5-8-12-31)23-29(3)35-19-15-33-18-22-38-26-36(20-16-34(38)17-21-37(33)25-35)30(4)24-28(2)32-13-9-6-10-14-32/h5-16,19-20,25-30H,17-18,21-24H2,1-4H3. The van der Waals surface area contributed by atoms with Gasteiger partial charge in [-0.3, -0.25) is 0 Å². The van der Waals surface area contributed by atoms with E-state index >= 15 is 0 Å². The first-order chi connectivity index (χ1) is 18.5. The highest BCUT2D eigenvalue weighted by atomic mass is 14.2. The summed E-state index contributed by atoms with van der Waals surface area (Å²) in [5.74, 6) is 2.28. The van der Waals surface area contributed by atoms with Crippen molar-refractivity contribution in [3.63, 3.8) is 0 Å². The molecule has 4 unspecified atom stereocenters. The minimum atomic E-state index is 0.565. The molecule has 0 fully saturated rings. The topological polar surface area (TPSA) is 0 Å². The zero-order valence-corrected chi connectivity index (χ0v) is 23.8. The van der Waals surface area contributed by atoms with E-state index in [9.17, 15) is 0 Å². The van der Waals surface area contributed by atoms with Gasteiger partial charge in [-0.1, -0.05) is 125 Å². The van der Waals surface area contributed by atoms with Crippen LogP contribution in [-0.4, -0.2) is 0 Å².